The number of para-hydroxylation sites is 1. The van der Waals surface area contributed by atoms with Crippen molar-refractivity contribution in [3.05, 3.63) is 41.8 Å². The molecule has 2 aromatic rings. The minimum absolute atomic E-state index is 0.351. The Morgan fingerprint density at radius 3 is 2.88 bits per heavy atom. The second-order valence-electron chi connectivity index (χ2n) is 3.47. The summed E-state index contributed by atoms with van der Waals surface area (Å²) in [6.45, 7) is 0.383. The molecule has 1 aromatic heterocycles. The van der Waals surface area contributed by atoms with Crippen LogP contribution in [0.15, 0.2) is 35.0 Å². The molecule has 1 heterocycles. The predicted molar refractivity (Wildman–Crippen MR) is 63.2 cm³/mol. The van der Waals surface area contributed by atoms with E-state index in [2.05, 4.69) is 10.5 Å². The van der Waals surface area contributed by atoms with E-state index in [4.69, 9.17) is 16.0 Å². The van der Waals surface area contributed by atoms with E-state index in [1.165, 1.54) is 0 Å². The average Bonchev–Trinajstić information content (AvgIpc) is 2.80. The smallest absolute Gasteiger partial charge is 0.250 e. The molecule has 6 heteroatoms. The Morgan fingerprint density at radius 2 is 2.24 bits per heavy atom. The summed E-state index contributed by atoms with van der Waals surface area (Å²) in [4.78, 5) is 11.2. The molecule has 5 N–H and O–H groups in total. The summed E-state index contributed by atoms with van der Waals surface area (Å²) in [5, 5.41) is 6.58. The number of primary amides is 1. The van der Waals surface area contributed by atoms with Crippen LogP contribution in [0.5, 0.6) is 0 Å². The molecule has 1 amide bonds. The third-order valence-electron chi connectivity index (χ3n) is 2.29. The lowest BCUT2D eigenvalue weighted by atomic mass is 10.1. The quantitative estimate of drug-likeness (QED) is 0.681. The molecule has 88 valence electrons. The van der Waals surface area contributed by atoms with Crippen molar-refractivity contribution in [1.82, 2.24) is 5.16 Å². The summed E-state index contributed by atoms with van der Waals surface area (Å²) >= 11 is 0. The Kier molecular flexibility index (Phi) is 2.95. The van der Waals surface area contributed by atoms with Crippen LogP contribution in [0.3, 0.4) is 0 Å². The minimum atomic E-state index is -0.530. The first kappa shape index (κ1) is 11.0. The number of rotatable bonds is 4. The standard InChI is InChI=1S/C11H12N4O2/c12-9-3-1-2-8(11(13)16)10(9)14-6-7-4-5-15-17-7/h1-5,14H,6,12H2,(H2,13,16). The highest BCUT2D eigenvalue weighted by atomic mass is 16.5. The fourth-order valence-electron chi connectivity index (χ4n) is 1.48. The fraction of sp³-hybridized carbons (Fsp3) is 0.0909. The normalized spacial score (nSPS) is 10.1. The summed E-state index contributed by atoms with van der Waals surface area (Å²) in [7, 11) is 0. The number of nitrogen functional groups attached to an aromatic ring is 1. The first-order chi connectivity index (χ1) is 8.18. The van der Waals surface area contributed by atoms with Crippen LogP contribution >= 0.6 is 0 Å². The number of carbonyl (C=O) groups excluding carboxylic acids is 1. The maximum absolute atomic E-state index is 11.2. The molecule has 6 nitrogen and oxygen atoms in total. The van der Waals surface area contributed by atoms with Crippen LogP contribution in [0.25, 0.3) is 0 Å². The van der Waals surface area contributed by atoms with Crippen molar-refractivity contribution in [2.24, 2.45) is 5.73 Å². The molecular formula is C11H12N4O2. The van der Waals surface area contributed by atoms with Gasteiger partial charge in [-0.05, 0) is 12.1 Å². The van der Waals surface area contributed by atoms with Crippen LogP contribution in [0, 0.1) is 0 Å². The molecule has 0 unspecified atom stereocenters. The number of hydrogen-bond donors (Lipinski definition) is 3. The third-order valence-corrected chi connectivity index (χ3v) is 2.29. The Balaban J connectivity index is 2.22. The van der Waals surface area contributed by atoms with Gasteiger partial charge in [-0.3, -0.25) is 4.79 Å². The summed E-state index contributed by atoms with van der Waals surface area (Å²) in [6, 6.07) is 6.70. The Bertz CT molecular complexity index is 522. The maximum Gasteiger partial charge on any atom is 0.250 e. The van der Waals surface area contributed by atoms with Crippen molar-refractivity contribution in [1.29, 1.82) is 0 Å². The number of anilines is 2. The fourth-order valence-corrected chi connectivity index (χ4v) is 1.48. The van der Waals surface area contributed by atoms with Gasteiger partial charge in [0.1, 0.15) is 0 Å². The molecule has 0 aliphatic rings. The van der Waals surface area contributed by atoms with Gasteiger partial charge in [-0.15, -0.1) is 0 Å². The van der Waals surface area contributed by atoms with Crippen molar-refractivity contribution < 1.29 is 9.32 Å². The van der Waals surface area contributed by atoms with E-state index in [0.717, 1.165) is 0 Å². The van der Waals surface area contributed by atoms with Gasteiger partial charge in [-0.25, -0.2) is 0 Å². The second kappa shape index (κ2) is 4.56. The van der Waals surface area contributed by atoms with Crippen molar-refractivity contribution >= 4 is 17.3 Å². The van der Waals surface area contributed by atoms with E-state index in [-0.39, 0.29) is 0 Å². The van der Waals surface area contributed by atoms with Crippen molar-refractivity contribution in [3.63, 3.8) is 0 Å². The summed E-state index contributed by atoms with van der Waals surface area (Å²) in [5.74, 6) is 0.112. The molecule has 0 atom stereocenters. The number of aromatic nitrogens is 1. The number of amides is 1. The van der Waals surface area contributed by atoms with Gasteiger partial charge >= 0.3 is 0 Å². The average molecular weight is 232 g/mol. The molecule has 0 fully saturated rings. The first-order valence-corrected chi connectivity index (χ1v) is 5.00. The number of benzene rings is 1. The van der Waals surface area contributed by atoms with Crippen LogP contribution < -0.4 is 16.8 Å². The molecule has 0 saturated heterocycles. The Morgan fingerprint density at radius 1 is 1.41 bits per heavy atom. The minimum Gasteiger partial charge on any atom is -0.397 e. The number of hydrogen-bond acceptors (Lipinski definition) is 5. The lowest BCUT2D eigenvalue weighted by Crippen LogP contribution is -2.15. The van der Waals surface area contributed by atoms with Gasteiger partial charge in [0.2, 0.25) is 0 Å². The van der Waals surface area contributed by atoms with Crippen LogP contribution in [0.1, 0.15) is 16.1 Å². The van der Waals surface area contributed by atoms with Crippen molar-refractivity contribution in [2.45, 2.75) is 6.54 Å². The highest BCUT2D eigenvalue weighted by Crippen LogP contribution is 2.23. The lowest BCUT2D eigenvalue weighted by molar-refractivity contribution is 0.100. The van der Waals surface area contributed by atoms with Gasteiger partial charge in [0.05, 0.1) is 29.7 Å². The Labute approximate surface area is 97.6 Å². The second-order valence-corrected chi connectivity index (χ2v) is 3.47. The van der Waals surface area contributed by atoms with E-state index < -0.39 is 5.91 Å². The summed E-state index contributed by atoms with van der Waals surface area (Å²) in [5.41, 5.74) is 12.4. The molecule has 0 aliphatic carbocycles. The highest BCUT2D eigenvalue weighted by molar-refractivity contribution is 6.01. The van der Waals surface area contributed by atoms with E-state index in [0.29, 0.717) is 29.2 Å². The van der Waals surface area contributed by atoms with Gasteiger partial charge in [0.15, 0.2) is 5.76 Å². The van der Waals surface area contributed by atoms with Crippen LogP contribution in [-0.2, 0) is 6.54 Å². The van der Waals surface area contributed by atoms with Gasteiger partial charge in [-0.1, -0.05) is 11.2 Å². The molecule has 0 saturated carbocycles. The van der Waals surface area contributed by atoms with E-state index in [9.17, 15) is 4.79 Å². The van der Waals surface area contributed by atoms with Gasteiger partial charge < -0.3 is 21.3 Å². The van der Waals surface area contributed by atoms with E-state index in [1.807, 2.05) is 0 Å². The van der Waals surface area contributed by atoms with Crippen molar-refractivity contribution in [2.75, 3.05) is 11.1 Å². The first-order valence-electron chi connectivity index (χ1n) is 5.00. The van der Waals surface area contributed by atoms with Crippen LogP contribution in [-0.4, -0.2) is 11.1 Å². The molecule has 0 bridgehead atoms. The zero-order valence-electron chi connectivity index (χ0n) is 9.01. The number of carbonyl (C=O) groups is 1. The molecule has 2 rings (SSSR count). The highest BCUT2D eigenvalue weighted by Gasteiger charge is 2.10. The monoisotopic (exact) mass is 232 g/mol. The maximum atomic E-state index is 11.2. The zero-order chi connectivity index (χ0) is 12.3. The van der Waals surface area contributed by atoms with Crippen LogP contribution in [0.4, 0.5) is 11.4 Å². The van der Waals surface area contributed by atoms with E-state index >= 15 is 0 Å². The number of nitrogens with one attached hydrogen (secondary N) is 1. The molecule has 17 heavy (non-hydrogen) atoms. The van der Waals surface area contributed by atoms with Gasteiger partial charge in [0, 0.05) is 6.07 Å². The molecule has 0 spiro atoms. The van der Waals surface area contributed by atoms with E-state index in [1.54, 1.807) is 30.5 Å². The Hall–Kier alpha value is -2.50. The topological polar surface area (TPSA) is 107 Å². The largest absolute Gasteiger partial charge is 0.397 e. The molecular weight excluding hydrogens is 220 g/mol. The summed E-state index contributed by atoms with van der Waals surface area (Å²) in [6.07, 6.45) is 1.54. The van der Waals surface area contributed by atoms with Crippen molar-refractivity contribution in [3.8, 4) is 0 Å². The molecule has 1 aromatic carbocycles. The SMILES string of the molecule is NC(=O)c1cccc(N)c1NCc1ccno1. The predicted octanol–water partition coefficient (Wildman–Crippen LogP) is 0.968. The summed E-state index contributed by atoms with van der Waals surface area (Å²) < 4.78 is 4.93. The van der Waals surface area contributed by atoms with Gasteiger partial charge in [0.25, 0.3) is 5.91 Å². The van der Waals surface area contributed by atoms with Gasteiger partial charge in [-0.2, -0.15) is 0 Å². The number of nitrogens with zero attached hydrogens (tertiary/aromatic N) is 1. The lowest BCUT2D eigenvalue weighted by Gasteiger charge is -2.11. The molecule has 0 aliphatic heterocycles. The third kappa shape index (κ3) is 2.36. The zero-order valence-corrected chi connectivity index (χ0v) is 9.01. The number of nitrogens with two attached hydrogens (primary N) is 2. The molecule has 0 radical (unpaired) electrons. The van der Waals surface area contributed by atoms with Crippen LogP contribution in [0.2, 0.25) is 0 Å².